The summed E-state index contributed by atoms with van der Waals surface area (Å²) < 4.78 is 4.93. The van der Waals surface area contributed by atoms with Gasteiger partial charge >= 0.3 is 0 Å². The third kappa shape index (κ3) is 1.54. The Morgan fingerprint density at radius 1 is 1.00 bits per heavy atom. The molecule has 5 atom stereocenters. The molecule has 0 bridgehead atoms. The van der Waals surface area contributed by atoms with Crippen LogP contribution in [-0.4, -0.2) is 39.9 Å². The van der Waals surface area contributed by atoms with Gasteiger partial charge in [0.25, 0.3) is 0 Å². The third-order valence-corrected chi connectivity index (χ3v) is 2.17. The van der Waals surface area contributed by atoms with E-state index >= 15 is 0 Å². The zero-order chi connectivity index (χ0) is 8.59. The highest BCUT2D eigenvalue weighted by Crippen LogP contribution is 2.23. The Bertz CT molecular complexity index is 124. The Morgan fingerprint density at radius 3 is 2.09 bits per heavy atom. The molecular weight excluding hydrogens is 148 g/mol. The number of rotatable bonds is 0. The Hall–Kier alpha value is -0.160. The first-order valence-electron chi connectivity index (χ1n) is 3.73. The van der Waals surface area contributed by atoms with E-state index in [-0.39, 0.29) is 0 Å². The molecule has 1 heterocycles. The molecule has 66 valence electrons. The largest absolute Gasteiger partial charge is 0.390 e. The number of aliphatic hydroxyl groups excluding tert-OH is 3. The first kappa shape index (κ1) is 8.93. The van der Waals surface area contributed by atoms with E-state index in [1.807, 2.05) is 0 Å². The van der Waals surface area contributed by atoms with Crippen LogP contribution in [0.4, 0.5) is 0 Å². The molecule has 1 aliphatic rings. The summed E-state index contributed by atoms with van der Waals surface area (Å²) in [6, 6.07) is 0. The van der Waals surface area contributed by atoms with Crippen molar-refractivity contribution in [3.8, 4) is 0 Å². The Labute approximate surface area is 65.4 Å². The van der Waals surface area contributed by atoms with Crippen molar-refractivity contribution in [2.24, 2.45) is 5.92 Å². The van der Waals surface area contributed by atoms with Gasteiger partial charge in [0, 0.05) is 5.92 Å². The number of ether oxygens (including phenoxy) is 1. The highest BCUT2D eigenvalue weighted by Gasteiger charge is 2.38. The Kier molecular flexibility index (Phi) is 2.49. The van der Waals surface area contributed by atoms with E-state index in [2.05, 4.69) is 0 Å². The highest BCUT2D eigenvalue weighted by molar-refractivity contribution is 4.84. The maximum absolute atomic E-state index is 9.30. The van der Waals surface area contributed by atoms with E-state index in [9.17, 15) is 10.2 Å². The fourth-order valence-corrected chi connectivity index (χ4v) is 1.18. The molecule has 4 nitrogen and oxygen atoms in total. The van der Waals surface area contributed by atoms with Crippen LogP contribution in [0.15, 0.2) is 0 Å². The van der Waals surface area contributed by atoms with E-state index in [1.54, 1.807) is 13.8 Å². The summed E-state index contributed by atoms with van der Waals surface area (Å²) in [6.45, 7) is 3.24. The summed E-state index contributed by atoms with van der Waals surface area (Å²) in [5.41, 5.74) is 0. The third-order valence-electron chi connectivity index (χ3n) is 2.17. The van der Waals surface area contributed by atoms with Crippen molar-refractivity contribution < 1.29 is 20.1 Å². The highest BCUT2D eigenvalue weighted by atomic mass is 16.6. The van der Waals surface area contributed by atoms with E-state index < -0.39 is 30.5 Å². The summed E-state index contributed by atoms with van der Waals surface area (Å²) >= 11 is 0. The summed E-state index contributed by atoms with van der Waals surface area (Å²) in [4.78, 5) is 0. The minimum atomic E-state index is -0.969. The van der Waals surface area contributed by atoms with E-state index in [0.29, 0.717) is 0 Å². The van der Waals surface area contributed by atoms with Crippen LogP contribution in [0.2, 0.25) is 0 Å². The van der Waals surface area contributed by atoms with Crippen molar-refractivity contribution in [1.82, 2.24) is 0 Å². The van der Waals surface area contributed by atoms with Crippen LogP contribution in [0.3, 0.4) is 0 Å². The maximum atomic E-state index is 9.30. The summed E-state index contributed by atoms with van der Waals surface area (Å²) in [7, 11) is 0. The van der Waals surface area contributed by atoms with Gasteiger partial charge < -0.3 is 20.1 Å². The van der Waals surface area contributed by atoms with Crippen molar-refractivity contribution >= 4 is 0 Å². The molecule has 3 unspecified atom stereocenters. The second-order valence-electron chi connectivity index (χ2n) is 3.07. The van der Waals surface area contributed by atoms with E-state index in [4.69, 9.17) is 9.84 Å². The van der Waals surface area contributed by atoms with Gasteiger partial charge in [-0.2, -0.15) is 0 Å². The second-order valence-corrected chi connectivity index (χ2v) is 3.07. The normalized spacial score (nSPS) is 52.6. The molecule has 0 amide bonds. The topological polar surface area (TPSA) is 69.9 Å². The minimum Gasteiger partial charge on any atom is -0.390 e. The number of hydrogen-bond acceptors (Lipinski definition) is 4. The van der Waals surface area contributed by atoms with Gasteiger partial charge in [-0.05, 0) is 6.92 Å². The predicted molar refractivity (Wildman–Crippen MR) is 37.7 cm³/mol. The van der Waals surface area contributed by atoms with E-state index in [1.165, 1.54) is 0 Å². The lowest BCUT2D eigenvalue weighted by Gasteiger charge is -2.37. The van der Waals surface area contributed by atoms with Gasteiger partial charge in [0.2, 0.25) is 0 Å². The average Bonchev–Trinajstić information content (AvgIpc) is 1.97. The number of aliphatic hydroxyl groups is 3. The van der Waals surface area contributed by atoms with Gasteiger partial charge in [0.1, 0.15) is 6.10 Å². The molecule has 11 heavy (non-hydrogen) atoms. The first-order chi connectivity index (χ1) is 5.04. The molecule has 0 saturated carbocycles. The molecule has 0 aromatic carbocycles. The first-order valence-corrected chi connectivity index (χ1v) is 3.73. The molecular formula is C7H14O4. The van der Waals surface area contributed by atoms with Crippen LogP contribution in [0, 0.1) is 5.92 Å². The molecule has 0 aromatic rings. The monoisotopic (exact) mass is 162 g/mol. The van der Waals surface area contributed by atoms with Crippen molar-refractivity contribution in [3.63, 3.8) is 0 Å². The van der Waals surface area contributed by atoms with Crippen molar-refractivity contribution in [2.75, 3.05) is 0 Å². The van der Waals surface area contributed by atoms with Gasteiger partial charge in [-0.3, -0.25) is 0 Å². The second kappa shape index (κ2) is 3.06. The smallest absolute Gasteiger partial charge is 0.160 e. The molecule has 1 aliphatic heterocycles. The van der Waals surface area contributed by atoms with Gasteiger partial charge in [-0.25, -0.2) is 0 Å². The Morgan fingerprint density at radius 2 is 1.55 bits per heavy atom. The lowest BCUT2D eigenvalue weighted by Crippen LogP contribution is -2.52. The maximum Gasteiger partial charge on any atom is 0.160 e. The molecule has 3 N–H and O–H groups in total. The van der Waals surface area contributed by atoms with Crippen LogP contribution in [0.25, 0.3) is 0 Å². The SMILES string of the molecule is CC1O[C@H](O)C(C)C(O)[C@@H]1O. The Balaban J connectivity index is 2.63. The van der Waals surface area contributed by atoms with Gasteiger partial charge in [0.15, 0.2) is 6.29 Å². The fraction of sp³-hybridized carbons (Fsp3) is 1.00. The van der Waals surface area contributed by atoms with Crippen LogP contribution in [0.5, 0.6) is 0 Å². The zero-order valence-corrected chi connectivity index (χ0v) is 6.64. The summed E-state index contributed by atoms with van der Waals surface area (Å²) in [5.74, 6) is -0.429. The summed E-state index contributed by atoms with van der Waals surface area (Å²) in [6.07, 6.45) is -3.26. The van der Waals surface area contributed by atoms with Crippen LogP contribution >= 0.6 is 0 Å². The molecule has 0 aromatic heterocycles. The number of hydrogen-bond donors (Lipinski definition) is 3. The predicted octanol–water partition coefficient (Wildman–Crippen LogP) is -0.919. The van der Waals surface area contributed by atoms with E-state index in [0.717, 1.165) is 0 Å². The average molecular weight is 162 g/mol. The van der Waals surface area contributed by atoms with Gasteiger partial charge in [-0.15, -0.1) is 0 Å². The molecule has 1 fully saturated rings. The molecule has 1 rings (SSSR count). The zero-order valence-electron chi connectivity index (χ0n) is 6.64. The quantitative estimate of drug-likeness (QED) is 0.431. The lowest BCUT2D eigenvalue weighted by molar-refractivity contribution is -0.255. The van der Waals surface area contributed by atoms with Crippen LogP contribution in [-0.2, 0) is 4.74 Å². The molecule has 0 spiro atoms. The van der Waals surface area contributed by atoms with Gasteiger partial charge in [0.05, 0.1) is 12.2 Å². The molecule has 0 aliphatic carbocycles. The standard InChI is InChI=1S/C7H14O4/c1-3-5(8)6(9)4(2)11-7(3)10/h3-10H,1-2H3/t3?,4?,5?,6-,7+/m1/s1. The molecule has 1 saturated heterocycles. The summed E-state index contributed by atoms with van der Waals surface area (Å²) in [5, 5.41) is 27.7. The van der Waals surface area contributed by atoms with Crippen molar-refractivity contribution in [1.29, 1.82) is 0 Å². The van der Waals surface area contributed by atoms with Crippen LogP contribution in [0.1, 0.15) is 13.8 Å². The molecule has 4 heteroatoms. The minimum absolute atomic E-state index is 0.429. The van der Waals surface area contributed by atoms with Crippen molar-refractivity contribution in [3.05, 3.63) is 0 Å². The van der Waals surface area contributed by atoms with Gasteiger partial charge in [-0.1, -0.05) is 6.92 Å². The lowest BCUT2D eigenvalue weighted by atomic mass is 9.93. The van der Waals surface area contributed by atoms with Crippen molar-refractivity contribution in [2.45, 2.75) is 38.4 Å². The fourth-order valence-electron chi connectivity index (χ4n) is 1.18. The van der Waals surface area contributed by atoms with Crippen LogP contribution < -0.4 is 0 Å². The molecule has 0 radical (unpaired) electrons.